The van der Waals surface area contributed by atoms with Gasteiger partial charge in [-0.1, -0.05) is 13.3 Å². The van der Waals surface area contributed by atoms with Gasteiger partial charge in [0.1, 0.15) is 11.5 Å². The Morgan fingerprint density at radius 2 is 2.16 bits per heavy atom. The normalized spacial score (nSPS) is 27.9. The van der Waals surface area contributed by atoms with Crippen LogP contribution in [-0.2, 0) is 6.54 Å². The van der Waals surface area contributed by atoms with Crippen LogP contribution in [0.25, 0.3) is 0 Å². The first-order valence-electron chi connectivity index (χ1n) is 7.58. The van der Waals surface area contributed by atoms with Gasteiger partial charge in [-0.05, 0) is 57.2 Å². The number of nitrogens with two attached hydrogens (primary N) is 1. The van der Waals surface area contributed by atoms with E-state index in [-0.39, 0.29) is 0 Å². The summed E-state index contributed by atoms with van der Waals surface area (Å²) in [6.07, 6.45) is 5.09. The first kappa shape index (κ1) is 14.6. The molecule has 108 valence electrons. The van der Waals surface area contributed by atoms with Gasteiger partial charge in [-0.3, -0.25) is 4.90 Å². The van der Waals surface area contributed by atoms with Gasteiger partial charge < -0.3 is 10.2 Å². The van der Waals surface area contributed by atoms with Crippen molar-refractivity contribution >= 4 is 0 Å². The van der Waals surface area contributed by atoms with Gasteiger partial charge in [0.2, 0.25) is 0 Å². The van der Waals surface area contributed by atoms with Crippen LogP contribution in [0.5, 0.6) is 0 Å². The van der Waals surface area contributed by atoms with Crippen molar-refractivity contribution in [2.45, 2.75) is 52.1 Å². The minimum atomic E-state index is 0.378. The second-order valence-corrected chi connectivity index (χ2v) is 6.22. The summed E-state index contributed by atoms with van der Waals surface area (Å²) in [5.41, 5.74) is 6.29. The Labute approximate surface area is 117 Å². The highest BCUT2D eigenvalue weighted by atomic mass is 16.3. The predicted molar refractivity (Wildman–Crippen MR) is 78.9 cm³/mol. The van der Waals surface area contributed by atoms with Crippen molar-refractivity contribution in [3.63, 3.8) is 0 Å². The summed E-state index contributed by atoms with van der Waals surface area (Å²) in [6, 6.07) is 4.48. The Hall–Kier alpha value is -0.800. The maximum atomic E-state index is 6.29. The SMILES string of the molecule is CCC1CCC(N)C(CN(C)Cc2ccc(C)o2)C1. The summed E-state index contributed by atoms with van der Waals surface area (Å²) >= 11 is 0. The van der Waals surface area contributed by atoms with Crippen molar-refractivity contribution in [3.05, 3.63) is 23.7 Å². The van der Waals surface area contributed by atoms with E-state index in [1.807, 2.05) is 13.0 Å². The number of nitrogens with zero attached hydrogens (tertiary/aromatic N) is 1. The average Bonchev–Trinajstić information content (AvgIpc) is 2.77. The van der Waals surface area contributed by atoms with Crippen LogP contribution >= 0.6 is 0 Å². The van der Waals surface area contributed by atoms with Crippen molar-refractivity contribution in [1.29, 1.82) is 0 Å². The topological polar surface area (TPSA) is 42.4 Å². The van der Waals surface area contributed by atoms with E-state index in [0.29, 0.717) is 12.0 Å². The Morgan fingerprint density at radius 1 is 1.37 bits per heavy atom. The van der Waals surface area contributed by atoms with Gasteiger partial charge in [0.25, 0.3) is 0 Å². The fourth-order valence-electron chi connectivity index (χ4n) is 3.27. The lowest BCUT2D eigenvalue weighted by Gasteiger charge is -2.36. The molecule has 3 atom stereocenters. The monoisotopic (exact) mass is 264 g/mol. The molecule has 0 amide bonds. The van der Waals surface area contributed by atoms with Crippen LogP contribution in [-0.4, -0.2) is 24.5 Å². The lowest BCUT2D eigenvalue weighted by atomic mass is 9.77. The molecule has 3 unspecified atom stereocenters. The van der Waals surface area contributed by atoms with Crippen molar-refractivity contribution < 1.29 is 4.42 Å². The first-order chi connectivity index (χ1) is 9.08. The minimum Gasteiger partial charge on any atom is -0.465 e. The first-order valence-corrected chi connectivity index (χ1v) is 7.58. The summed E-state index contributed by atoms with van der Waals surface area (Å²) in [5.74, 6) is 3.56. The molecule has 0 saturated heterocycles. The minimum absolute atomic E-state index is 0.378. The number of furan rings is 1. The fourth-order valence-corrected chi connectivity index (χ4v) is 3.27. The quantitative estimate of drug-likeness (QED) is 0.888. The predicted octanol–water partition coefficient (Wildman–Crippen LogP) is 3.17. The Bertz CT molecular complexity index is 388. The third kappa shape index (κ3) is 4.08. The van der Waals surface area contributed by atoms with Crippen molar-refractivity contribution in [2.24, 2.45) is 17.6 Å². The zero-order valence-corrected chi connectivity index (χ0v) is 12.6. The maximum absolute atomic E-state index is 6.29. The molecule has 3 heteroatoms. The van der Waals surface area contributed by atoms with Crippen LogP contribution in [0, 0.1) is 18.8 Å². The van der Waals surface area contributed by atoms with Gasteiger partial charge in [-0.15, -0.1) is 0 Å². The van der Waals surface area contributed by atoms with Gasteiger partial charge in [0.05, 0.1) is 6.54 Å². The van der Waals surface area contributed by atoms with Crippen LogP contribution < -0.4 is 5.73 Å². The Kier molecular flexibility index (Phi) is 5.06. The molecule has 1 saturated carbocycles. The zero-order chi connectivity index (χ0) is 13.8. The molecule has 2 rings (SSSR count). The molecule has 0 aliphatic heterocycles. The van der Waals surface area contributed by atoms with E-state index in [1.165, 1.54) is 25.7 Å². The summed E-state index contributed by atoms with van der Waals surface area (Å²) in [6.45, 7) is 6.26. The van der Waals surface area contributed by atoms with E-state index in [0.717, 1.165) is 30.5 Å². The second kappa shape index (κ2) is 6.58. The molecule has 1 aliphatic rings. The molecule has 1 heterocycles. The van der Waals surface area contributed by atoms with E-state index < -0.39 is 0 Å². The maximum Gasteiger partial charge on any atom is 0.118 e. The summed E-state index contributed by atoms with van der Waals surface area (Å²) < 4.78 is 5.64. The highest BCUT2D eigenvalue weighted by molar-refractivity contribution is 5.05. The van der Waals surface area contributed by atoms with Crippen molar-refractivity contribution in [1.82, 2.24) is 4.90 Å². The molecule has 0 radical (unpaired) electrons. The van der Waals surface area contributed by atoms with E-state index in [2.05, 4.69) is 24.9 Å². The van der Waals surface area contributed by atoms with E-state index >= 15 is 0 Å². The summed E-state index contributed by atoms with van der Waals surface area (Å²) in [7, 11) is 2.17. The third-order valence-corrected chi connectivity index (χ3v) is 4.50. The summed E-state index contributed by atoms with van der Waals surface area (Å²) in [4.78, 5) is 2.35. The smallest absolute Gasteiger partial charge is 0.118 e. The van der Waals surface area contributed by atoms with E-state index in [4.69, 9.17) is 10.2 Å². The van der Waals surface area contributed by atoms with Crippen LogP contribution in [0.3, 0.4) is 0 Å². The molecule has 1 aliphatic carbocycles. The molecule has 1 aromatic rings. The van der Waals surface area contributed by atoms with Gasteiger partial charge >= 0.3 is 0 Å². The molecule has 1 aromatic heterocycles. The summed E-state index contributed by atoms with van der Waals surface area (Å²) in [5, 5.41) is 0. The highest BCUT2D eigenvalue weighted by Gasteiger charge is 2.28. The largest absolute Gasteiger partial charge is 0.465 e. The van der Waals surface area contributed by atoms with Crippen molar-refractivity contribution in [3.8, 4) is 0 Å². The van der Waals surface area contributed by atoms with Crippen LogP contribution in [0.2, 0.25) is 0 Å². The average molecular weight is 264 g/mol. The number of aryl methyl sites for hydroxylation is 1. The zero-order valence-electron chi connectivity index (χ0n) is 12.6. The van der Waals surface area contributed by atoms with Crippen LogP contribution in [0.4, 0.5) is 0 Å². The number of hydrogen-bond acceptors (Lipinski definition) is 3. The lowest BCUT2D eigenvalue weighted by molar-refractivity contribution is 0.162. The van der Waals surface area contributed by atoms with Crippen LogP contribution in [0.15, 0.2) is 16.5 Å². The van der Waals surface area contributed by atoms with Gasteiger partial charge in [-0.2, -0.15) is 0 Å². The molecule has 0 bridgehead atoms. The van der Waals surface area contributed by atoms with Gasteiger partial charge in [0.15, 0.2) is 0 Å². The molecular weight excluding hydrogens is 236 g/mol. The standard InChI is InChI=1S/C16H28N2O/c1-4-13-6-8-16(17)14(9-13)10-18(3)11-15-7-5-12(2)19-15/h5,7,13-14,16H,4,6,8-11,17H2,1-3H3. The second-order valence-electron chi connectivity index (χ2n) is 6.22. The third-order valence-electron chi connectivity index (χ3n) is 4.50. The Balaban J connectivity index is 1.84. The molecular formula is C16H28N2O. The highest BCUT2D eigenvalue weighted by Crippen LogP contribution is 2.30. The van der Waals surface area contributed by atoms with Crippen LogP contribution in [0.1, 0.15) is 44.1 Å². The Morgan fingerprint density at radius 3 is 2.79 bits per heavy atom. The molecule has 1 fully saturated rings. The molecule has 3 nitrogen and oxygen atoms in total. The van der Waals surface area contributed by atoms with Crippen molar-refractivity contribution in [2.75, 3.05) is 13.6 Å². The van der Waals surface area contributed by atoms with E-state index in [1.54, 1.807) is 0 Å². The lowest BCUT2D eigenvalue weighted by Crippen LogP contribution is -2.42. The molecule has 19 heavy (non-hydrogen) atoms. The van der Waals surface area contributed by atoms with Gasteiger partial charge in [0, 0.05) is 12.6 Å². The number of rotatable bonds is 5. The number of hydrogen-bond donors (Lipinski definition) is 1. The fraction of sp³-hybridized carbons (Fsp3) is 0.750. The van der Waals surface area contributed by atoms with E-state index in [9.17, 15) is 0 Å². The molecule has 0 spiro atoms. The van der Waals surface area contributed by atoms with Gasteiger partial charge in [-0.25, -0.2) is 0 Å². The molecule has 0 aromatic carbocycles. The molecule has 2 N–H and O–H groups in total.